The second kappa shape index (κ2) is 4.70. The molecule has 1 aromatic rings. The van der Waals surface area contributed by atoms with Gasteiger partial charge in [0, 0.05) is 6.42 Å². The number of ether oxygens (including phenoxy) is 1. The monoisotopic (exact) mass is 184 g/mol. The van der Waals surface area contributed by atoms with Gasteiger partial charge in [-0.3, -0.25) is 0 Å². The highest BCUT2D eigenvalue weighted by Crippen LogP contribution is 2.16. The molecule has 0 aliphatic rings. The maximum absolute atomic E-state index is 12.3. The first-order chi connectivity index (χ1) is 6.18. The van der Waals surface area contributed by atoms with E-state index in [1.165, 1.54) is 19.1 Å². The highest BCUT2D eigenvalue weighted by atomic mass is 19.1. The first-order valence-corrected chi connectivity index (χ1v) is 4.24. The molecular weight excluding hydrogens is 171 g/mol. The van der Waals surface area contributed by atoms with Crippen molar-refractivity contribution in [1.82, 2.24) is 0 Å². The van der Waals surface area contributed by atoms with Crippen molar-refractivity contribution < 1.29 is 14.2 Å². The zero-order chi connectivity index (χ0) is 9.68. The van der Waals surface area contributed by atoms with Gasteiger partial charge in [-0.2, -0.15) is 0 Å². The van der Waals surface area contributed by atoms with Crippen LogP contribution in [0, 0.1) is 0 Å². The second-order valence-electron chi connectivity index (χ2n) is 2.91. The van der Waals surface area contributed by atoms with Crippen LogP contribution in [0.3, 0.4) is 0 Å². The number of rotatable bonds is 4. The summed E-state index contributed by atoms with van der Waals surface area (Å²) >= 11 is 0. The summed E-state index contributed by atoms with van der Waals surface area (Å²) in [6.07, 6.45) is -0.446. The van der Waals surface area contributed by atoms with Crippen LogP contribution in [-0.2, 0) is 0 Å². The first kappa shape index (κ1) is 9.84. The lowest BCUT2D eigenvalue weighted by Crippen LogP contribution is -2.03. The topological polar surface area (TPSA) is 29.5 Å². The minimum absolute atomic E-state index is 0.200. The molecule has 0 unspecified atom stereocenters. The summed E-state index contributed by atoms with van der Waals surface area (Å²) in [5.74, 6) is 0.852. The third kappa shape index (κ3) is 3.78. The molecule has 0 saturated heterocycles. The Balaban J connectivity index is 2.33. The van der Waals surface area contributed by atoms with E-state index >= 15 is 0 Å². The Bertz CT molecular complexity index is 244. The van der Waals surface area contributed by atoms with E-state index in [1.54, 1.807) is 12.1 Å². The predicted molar refractivity (Wildman–Crippen MR) is 48.8 cm³/mol. The van der Waals surface area contributed by atoms with Crippen LogP contribution >= 0.6 is 0 Å². The van der Waals surface area contributed by atoms with Crippen LogP contribution in [0.5, 0.6) is 11.5 Å². The Labute approximate surface area is 77.0 Å². The van der Waals surface area contributed by atoms with E-state index < -0.39 is 6.17 Å². The molecule has 13 heavy (non-hydrogen) atoms. The summed E-state index contributed by atoms with van der Waals surface area (Å²) in [7, 11) is 0. The molecule has 1 N–H and O–H groups in total. The summed E-state index contributed by atoms with van der Waals surface area (Å²) in [5.41, 5.74) is 0. The third-order valence-corrected chi connectivity index (χ3v) is 1.62. The number of aromatic hydroxyl groups is 1. The number of hydrogen-bond donors (Lipinski definition) is 1. The van der Waals surface area contributed by atoms with Crippen molar-refractivity contribution in [2.24, 2.45) is 0 Å². The molecule has 0 aliphatic carbocycles. The fraction of sp³-hybridized carbons (Fsp3) is 0.400. The van der Waals surface area contributed by atoms with E-state index in [0.717, 1.165) is 0 Å². The van der Waals surface area contributed by atoms with Crippen LogP contribution in [-0.4, -0.2) is 17.9 Å². The van der Waals surface area contributed by atoms with Gasteiger partial charge in [-0.25, -0.2) is 4.39 Å². The Morgan fingerprint density at radius 1 is 1.38 bits per heavy atom. The van der Waals surface area contributed by atoms with Gasteiger partial charge in [0.1, 0.15) is 17.7 Å². The van der Waals surface area contributed by atoms with Crippen molar-refractivity contribution in [3.63, 3.8) is 0 Å². The highest BCUT2D eigenvalue weighted by molar-refractivity contribution is 5.29. The quantitative estimate of drug-likeness (QED) is 0.779. The number of phenolic OH excluding ortho intramolecular Hbond substituents is 1. The smallest absolute Gasteiger partial charge is 0.119 e. The van der Waals surface area contributed by atoms with E-state index in [0.29, 0.717) is 18.8 Å². The summed E-state index contributed by atoms with van der Waals surface area (Å²) in [6, 6.07) is 6.37. The average Bonchev–Trinajstić information content (AvgIpc) is 2.08. The van der Waals surface area contributed by atoms with E-state index in [-0.39, 0.29) is 5.75 Å². The van der Waals surface area contributed by atoms with Crippen LogP contribution < -0.4 is 4.74 Å². The van der Waals surface area contributed by atoms with Crippen molar-refractivity contribution >= 4 is 0 Å². The molecule has 72 valence electrons. The Morgan fingerprint density at radius 2 is 2.00 bits per heavy atom. The normalized spacial score (nSPS) is 12.5. The van der Waals surface area contributed by atoms with Gasteiger partial charge in [0.25, 0.3) is 0 Å². The maximum Gasteiger partial charge on any atom is 0.119 e. The molecule has 1 atom stereocenters. The van der Waals surface area contributed by atoms with Gasteiger partial charge in [-0.1, -0.05) is 0 Å². The summed E-state index contributed by atoms with van der Waals surface area (Å²) in [4.78, 5) is 0. The molecular formula is C10H13FO2. The Morgan fingerprint density at radius 3 is 2.54 bits per heavy atom. The molecule has 0 fully saturated rings. The zero-order valence-corrected chi connectivity index (χ0v) is 7.53. The lowest BCUT2D eigenvalue weighted by atomic mass is 10.3. The van der Waals surface area contributed by atoms with Crippen molar-refractivity contribution in [3.8, 4) is 11.5 Å². The molecule has 0 heterocycles. The molecule has 2 nitrogen and oxygen atoms in total. The van der Waals surface area contributed by atoms with Crippen LogP contribution in [0.4, 0.5) is 4.39 Å². The molecule has 0 amide bonds. The standard InChI is InChI=1S/C10H13FO2/c1-8(11)6-7-13-10-4-2-9(12)3-5-10/h2-5,8,12H,6-7H2,1H3/t8-/m1/s1. The lowest BCUT2D eigenvalue weighted by Gasteiger charge is -2.06. The predicted octanol–water partition coefficient (Wildman–Crippen LogP) is 2.52. The molecule has 0 aliphatic heterocycles. The van der Waals surface area contributed by atoms with Gasteiger partial charge in [0.15, 0.2) is 0 Å². The van der Waals surface area contributed by atoms with E-state index in [9.17, 15) is 4.39 Å². The molecule has 3 heteroatoms. The summed E-state index contributed by atoms with van der Waals surface area (Å²) < 4.78 is 17.6. The summed E-state index contributed by atoms with van der Waals surface area (Å²) in [5, 5.41) is 8.95. The number of phenols is 1. The molecule has 0 aromatic heterocycles. The maximum atomic E-state index is 12.3. The van der Waals surface area contributed by atoms with Crippen LogP contribution in [0.2, 0.25) is 0 Å². The van der Waals surface area contributed by atoms with Crippen molar-refractivity contribution in [2.45, 2.75) is 19.5 Å². The molecule has 0 radical (unpaired) electrons. The van der Waals surface area contributed by atoms with Crippen LogP contribution in [0.1, 0.15) is 13.3 Å². The molecule has 0 bridgehead atoms. The first-order valence-electron chi connectivity index (χ1n) is 4.24. The zero-order valence-electron chi connectivity index (χ0n) is 7.53. The largest absolute Gasteiger partial charge is 0.508 e. The van der Waals surface area contributed by atoms with Crippen LogP contribution in [0.25, 0.3) is 0 Å². The SMILES string of the molecule is C[C@@H](F)CCOc1ccc(O)cc1. The van der Waals surface area contributed by atoms with Gasteiger partial charge >= 0.3 is 0 Å². The number of alkyl halides is 1. The van der Waals surface area contributed by atoms with Gasteiger partial charge in [0.2, 0.25) is 0 Å². The van der Waals surface area contributed by atoms with Crippen LogP contribution in [0.15, 0.2) is 24.3 Å². The highest BCUT2D eigenvalue weighted by Gasteiger charge is 1.98. The van der Waals surface area contributed by atoms with Gasteiger partial charge < -0.3 is 9.84 Å². The summed E-state index contributed by atoms with van der Waals surface area (Å²) in [6.45, 7) is 1.86. The number of benzene rings is 1. The minimum atomic E-state index is -0.836. The average molecular weight is 184 g/mol. The van der Waals surface area contributed by atoms with Crippen molar-refractivity contribution in [1.29, 1.82) is 0 Å². The van der Waals surface area contributed by atoms with E-state index in [4.69, 9.17) is 9.84 Å². The van der Waals surface area contributed by atoms with Crippen molar-refractivity contribution in [2.75, 3.05) is 6.61 Å². The number of hydrogen-bond acceptors (Lipinski definition) is 2. The van der Waals surface area contributed by atoms with Gasteiger partial charge in [0.05, 0.1) is 6.61 Å². The molecule has 0 saturated carbocycles. The van der Waals surface area contributed by atoms with E-state index in [1.807, 2.05) is 0 Å². The third-order valence-electron chi connectivity index (χ3n) is 1.62. The fourth-order valence-corrected chi connectivity index (χ4v) is 0.882. The van der Waals surface area contributed by atoms with E-state index in [2.05, 4.69) is 0 Å². The molecule has 1 aromatic carbocycles. The second-order valence-corrected chi connectivity index (χ2v) is 2.91. The van der Waals surface area contributed by atoms with Gasteiger partial charge in [-0.05, 0) is 31.2 Å². The van der Waals surface area contributed by atoms with Crippen molar-refractivity contribution in [3.05, 3.63) is 24.3 Å². The minimum Gasteiger partial charge on any atom is -0.508 e. The Hall–Kier alpha value is -1.25. The molecule has 0 spiro atoms. The Kier molecular flexibility index (Phi) is 3.55. The number of halogens is 1. The molecule has 1 rings (SSSR count). The fourth-order valence-electron chi connectivity index (χ4n) is 0.882. The lowest BCUT2D eigenvalue weighted by molar-refractivity contribution is 0.247. The van der Waals surface area contributed by atoms with Gasteiger partial charge in [-0.15, -0.1) is 0 Å².